The molecule has 2 aromatic heterocycles. The number of ether oxygens (including phenoxy) is 1. The highest BCUT2D eigenvalue weighted by Gasteiger charge is 2.40. The lowest BCUT2D eigenvalue weighted by atomic mass is 9.79. The van der Waals surface area contributed by atoms with E-state index in [0.717, 1.165) is 34.1 Å². The fourth-order valence-corrected chi connectivity index (χ4v) is 5.59. The molecule has 5 nitrogen and oxygen atoms in total. The summed E-state index contributed by atoms with van der Waals surface area (Å²) in [5.41, 5.74) is 2.16. The molecule has 4 rings (SSSR count). The van der Waals surface area contributed by atoms with Crippen molar-refractivity contribution in [3.63, 3.8) is 0 Å². The van der Waals surface area contributed by atoms with Crippen LogP contribution in [0.5, 0.6) is 5.88 Å². The molecule has 0 aromatic carbocycles. The van der Waals surface area contributed by atoms with E-state index in [2.05, 4.69) is 49.9 Å². The van der Waals surface area contributed by atoms with Crippen LogP contribution < -0.4 is 15.0 Å². The molecule has 0 radical (unpaired) electrons. The maximum atomic E-state index is 6.07. The summed E-state index contributed by atoms with van der Waals surface area (Å²) in [6.07, 6.45) is 3.83. The van der Waals surface area contributed by atoms with Gasteiger partial charge in [-0.1, -0.05) is 22.9 Å². The molecular formula is C19H25ClN4OS. The third kappa shape index (κ3) is 3.30. The summed E-state index contributed by atoms with van der Waals surface area (Å²) in [7, 11) is 2.14. The Morgan fingerprint density at radius 2 is 1.96 bits per heavy atom. The Hall–Kier alpha value is -1.37. The van der Waals surface area contributed by atoms with Gasteiger partial charge >= 0.3 is 0 Å². The summed E-state index contributed by atoms with van der Waals surface area (Å²) in [4.78, 5) is 12.6. The zero-order valence-electron chi connectivity index (χ0n) is 15.9. The van der Waals surface area contributed by atoms with Crippen molar-refractivity contribution in [3.05, 3.63) is 22.8 Å². The van der Waals surface area contributed by atoms with Gasteiger partial charge in [0.1, 0.15) is 11.5 Å². The molecule has 140 valence electrons. The maximum Gasteiger partial charge on any atom is 0.236 e. The topological polar surface area (TPSA) is 50.3 Å². The zero-order valence-corrected chi connectivity index (χ0v) is 17.5. The Labute approximate surface area is 163 Å². The van der Waals surface area contributed by atoms with Crippen molar-refractivity contribution < 1.29 is 4.74 Å². The van der Waals surface area contributed by atoms with Crippen LogP contribution in [0.3, 0.4) is 0 Å². The van der Waals surface area contributed by atoms with E-state index in [4.69, 9.17) is 21.3 Å². The smallest absolute Gasteiger partial charge is 0.236 e. The molecular weight excluding hydrogens is 368 g/mol. The van der Waals surface area contributed by atoms with Crippen LogP contribution in [0.25, 0.3) is 10.6 Å². The Balaban J connectivity index is 1.65. The van der Waals surface area contributed by atoms with Crippen molar-refractivity contribution in [2.45, 2.75) is 64.3 Å². The standard InChI is InChI=1S/C19H25ClN4OS/c1-18(2)7-13(8-19(3,4)23-18)24(5)17-22-16-15(26-17)14-11(10-25-16)6-12(20)9-21-14/h6,9,13,23H,7-8,10H2,1-5H3. The Morgan fingerprint density at radius 1 is 1.27 bits per heavy atom. The number of hydrogen-bond acceptors (Lipinski definition) is 6. The second kappa shape index (κ2) is 6.08. The van der Waals surface area contributed by atoms with Gasteiger partial charge in [-0.25, -0.2) is 0 Å². The van der Waals surface area contributed by atoms with Gasteiger partial charge in [0, 0.05) is 35.9 Å². The monoisotopic (exact) mass is 392 g/mol. The molecule has 0 aliphatic carbocycles. The number of nitrogens with one attached hydrogen (secondary N) is 1. The first kappa shape index (κ1) is 18.0. The first-order valence-corrected chi connectivity index (χ1v) is 10.1. The number of rotatable bonds is 2. The highest BCUT2D eigenvalue weighted by Crippen LogP contribution is 2.45. The first-order chi connectivity index (χ1) is 12.1. The molecule has 0 saturated carbocycles. The lowest BCUT2D eigenvalue weighted by Crippen LogP contribution is -2.61. The molecule has 2 aromatic rings. The van der Waals surface area contributed by atoms with E-state index in [9.17, 15) is 0 Å². The number of anilines is 1. The average molecular weight is 393 g/mol. The number of aromatic nitrogens is 2. The van der Waals surface area contributed by atoms with Crippen LogP contribution >= 0.6 is 22.9 Å². The quantitative estimate of drug-likeness (QED) is 0.815. The number of fused-ring (bicyclic) bond motifs is 3. The second-order valence-electron chi connectivity index (χ2n) is 8.65. The van der Waals surface area contributed by atoms with Gasteiger partial charge in [-0.15, -0.1) is 0 Å². The molecule has 1 N–H and O–H groups in total. The lowest BCUT2D eigenvalue weighted by Gasteiger charge is -2.48. The van der Waals surface area contributed by atoms with Crippen LogP contribution in [0.1, 0.15) is 46.1 Å². The number of pyridine rings is 1. The van der Waals surface area contributed by atoms with Gasteiger partial charge < -0.3 is 15.0 Å². The minimum Gasteiger partial charge on any atom is -0.472 e. The SMILES string of the molecule is CN(c1nc2c(s1)-c1ncc(Cl)cc1CO2)C1CC(C)(C)NC(C)(C)C1. The Kier molecular flexibility index (Phi) is 4.21. The minimum atomic E-state index is 0.0962. The van der Waals surface area contributed by atoms with Gasteiger partial charge in [0.25, 0.3) is 0 Å². The fraction of sp³-hybridized carbons (Fsp3) is 0.579. The second-order valence-corrected chi connectivity index (χ2v) is 10.1. The first-order valence-electron chi connectivity index (χ1n) is 8.94. The number of piperidine rings is 1. The van der Waals surface area contributed by atoms with E-state index in [1.54, 1.807) is 17.5 Å². The van der Waals surface area contributed by atoms with Crippen LogP contribution in [0.4, 0.5) is 5.13 Å². The van der Waals surface area contributed by atoms with E-state index in [-0.39, 0.29) is 11.1 Å². The number of nitrogens with zero attached hydrogens (tertiary/aromatic N) is 3. The summed E-state index contributed by atoms with van der Waals surface area (Å²) in [5, 5.41) is 5.36. The predicted octanol–water partition coefficient (Wildman–Crippen LogP) is 4.50. The molecule has 26 heavy (non-hydrogen) atoms. The molecule has 0 spiro atoms. The van der Waals surface area contributed by atoms with Gasteiger partial charge in [-0.05, 0) is 46.6 Å². The van der Waals surface area contributed by atoms with E-state index < -0.39 is 0 Å². The van der Waals surface area contributed by atoms with E-state index >= 15 is 0 Å². The normalized spacial score (nSPS) is 20.8. The summed E-state index contributed by atoms with van der Waals surface area (Å²) < 4.78 is 5.87. The van der Waals surface area contributed by atoms with Crippen LogP contribution in [-0.4, -0.2) is 34.1 Å². The summed E-state index contributed by atoms with van der Waals surface area (Å²) in [6, 6.07) is 2.35. The number of hydrogen-bond donors (Lipinski definition) is 1. The molecule has 7 heteroatoms. The summed E-state index contributed by atoms with van der Waals surface area (Å²) in [5.74, 6) is 0.687. The van der Waals surface area contributed by atoms with Gasteiger partial charge in [0.05, 0.1) is 10.7 Å². The third-order valence-corrected chi connectivity index (χ3v) is 6.46. The number of thiazole rings is 1. The van der Waals surface area contributed by atoms with Crippen molar-refractivity contribution in [3.8, 4) is 16.5 Å². The largest absolute Gasteiger partial charge is 0.472 e. The molecule has 4 heterocycles. The van der Waals surface area contributed by atoms with Crippen molar-refractivity contribution in [2.24, 2.45) is 0 Å². The van der Waals surface area contributed by atoms with Gasteiger partial charge in [0.15, 0.2) is 5.13 Å². The van der Waals surface area contributed by atoms with E-state index in [0.29, 0.717) is 23.6 Å². The lowest BCUT2D eigenvalue weighted by molar-refractivity contribution is 0.161. The van der Waals surface area contributed by atoms with Crippen LogP contribution in [0, 0.1) is 0 Å². The molecule has 0 amide bonds. The molecule has 2 aliphatic heterocycles. The van der Waals surface area contributed by atoms with Crippen molar-refractivity contribution in [1.82, 2.24) is 15.3 Å². The predicted molar refractivity (Wildman–Crippen MR) is 107 cm³/mol. The van der Waals surface area contributed by atoms with Gasteiger partial charge in [0.2, 0.25) is 5.88 Å². The Morgan fingerprint density at radius 3 is 2.65 bits per heavy atom. The highest BCUT2D eigenvalue weighted by atomic mass is 35.5. The van der Waals surface area contributed by atoms with Gasteiger partial charge in [-0.2, -0.15) is 4.98 Å². The van der Waals surface area contributed by atoms with E-state index in [1.165, 1.54) is 0 Å². The molecule has 1 saturated heterocycles. The van der Waals surface area contributed by atoms with Gasteiger partial charge in [-0.3, -0.25) is 4.98 Å². The zero-order chi connectivity index (χ0) is 18.7. The van der Waals surface area contributed by atoms with Crippen LogP contribution in [0.15, 0.2) is 12.3 Å². The van der Waals surface area contributed by atoms with Crippen LogP contribution in [0.2, 0.25) is 5.02 Å². The molecule has 0 unspecified atom stereocenters. The Bertz CT molecular complexity index is 832. The molecule has 2 aliphatic rings. The van der Waals surface area contributed by atoms with E-state index in [1.807, 2.05) is 6.07 Å². The highest BCUT2D eigenvalue weighted by molar-refractivity contribution is 7.19. The van der Waals surface area contributed by atoms with Crippen LogP contribution in [-0.2, 0) is 6.61 Å². The van der Waals surface area contributed by atoms with Crippen molar-refractivity contribution in [2.75, 3.05) is 11.9 Å². The third-order valence-electron chi connectivity index (χ3n) is 5.12. The van der Waals surface area contributed by atoms with Crippen molar-refractivity contribution in [1.29, 1.82) is 0 Å². The van der Waals surface area contributed by atoms with Crippen molar-refractivity contribution >= 4 is 28.1 Å². The average Bonchev–Trinajstić information content (AvgIpc) is 2.95. The molecule has 1 fully saturated rings. The molecule has 0 atom stereocenters. The summed E-state index contributed by atoms with van der Waals surface area (Å²) >= 11 is 7.72. The molecule has 0 bridgehead atoms. The maximum absolute atomic E-state index is 6.07. The summed E-state index contributed by atoms with van der Waals surface area (Å²) in [6.45, 7) is 9.56. The number of halogens is 1. The fourth-order valence-electron chi connectivity index (χ4n) is 4.33. The minimum absolute atomic E-state index is 0.0962.